The van der Waals surface area contributed by atoms with Gasteiger partial charge in [-0.15, -0.1) is 0 Å². The molecule has 1 aliphatic carbocycles. The van der Waals surface area contributed by atoms with Gasteiger partial charge in [0.25, 0.3) is 0 Å². The minimum Gasteiger partial charge on any atom is -0.461 e. The molecule has 0 amide bonds. The van der Waals surface area contributed by atoms with E-state index in [-0.39, 0.29) is 18.4 Å². The van der Waals surface area contributed by atoms with Crippen LogP contribution in [0.3, 0.4) is 0 Å². The molecular formula is C18H24O3. The zero-order chi connectivity index (χ0) is 15.3. The van der Waals surface area contributed by atoms with E-state index in [9.17, 15) is 9.59 Å². The van der Waals surface area contributed by atoms with Crippen LogP contribution in [0, 0.1) is 11.3 Å². The highest BCUT2D eigenvalue weighted by molar-refractivity contribution is 5.90. The molecule has 1 atom stereocenters. The second kappa shape index (κ2) is 6.88. The van der Waals surface area contributed by atoms with Crippen LogP contribution < -0.4 is 0 Å². The Hall–Kier alpha value is -1.64. The van der Waals surface area contributed by atoms with Gasteiger partial charge < -0.3 is 4.74 Å². The standard InChI is InChI=1S/C18H24O3/c1-14(19)18(2,16-11-7-4-8-12-16)13-21-17(20)15-9-5-3-6-10-15/h3,5-6,9-10,16H,4,7-8,11-13H2,1-2H3. The summed E-state index contributed by atoms with van der Waals surface area (Å²) in [5.74, 6) is 0.0986. The molecule has 0 spiro atoms. The van der Waals surface area contributed by atoms with Crippen LogP contribution in [-0.2, 0) is 9.53 Å². The molecular weight excluding hydrogens is 264 g/mol. The molecule has 1 fully saturated rings. The third kappa shape index (κ3) is 3.72. The molecule has 1 aliphatic rings. The van der Waals surface area contributed by atoms with E-state index in [1.165, 1.54) is 19.3 Å². The van der Waals surface area contributed by atoms with Crippen LogP contribution in [0.25, 0.3) is 0 Å². The number of benzene rings is 1. The molecule has 1 aromatic rings. The van der Waals surface area contributed by atoms with Gasteiger partial charge in [0, 0.05) is 0 Å². The van der Waals surface area contributed by atoms with E-state index in [2.05, 4.69) is 0 Å². The summed E-state index contributed by atoms with van der Waals surface area (Å²) in [5, 5.41) is 0. The number of carbonyl (C=O) groups is 2. The number of ether oxygens (including phenoxy) is 1. The van der Waals surface area contributed by atoms with E-state index < -0.39 is 5.41 Å². The Kier molecular flexibility index (Phi) is 5.16. The van der Waals surface area contributed by atoms with Gasteiger partial charge in [0.15, 0.2) is 0 Å². The Morgan fingerprint density at radius 3 is 2.33 bits per heavy atom. The predicted molar refractivity (Wildman–Crippen MR) is 82.1 cm³/mol. The highest BCUT2D eigenvalue weighted by atomic mass is 16.5. The molecule has 1 saturated carbocycles. The molecule has 21 heavy (non-hydrogen) atoms. The number of carbonyl (C=O) groups excluding carboxylic acids is 2. The molecule has 0 bridgehead atoms. The first-order valence-corrected chi connectivity index (χ1v) is 7.77. The van der Waals surface area contributed by atoms with Crippen molar-refractivity contribution in [2.24, 2.45) is 11.3 Å². The van der Waals surface area contributed by atoms with Crippen LogP contribution in [0.4, 0.5) is 0 Å². The van der Waals surface area contributed by atoms with Crippen molar-refractivity contribution in [3.05, 3.63) is 35.9 Å². The summed E-state index contributed by atoms with van der Waals surface area (Å²) >= 11 is 0. The molecule has 0 saturated heterocycles. The summed E-state index contributed by atoms with van der Waals surface area (Å²) in [6.07, 6.45) is 5.69. The SMILES string of the molecule is CC(=O)C(C)(COC(=O)c1ccccc1)C1CCCCC1. The lowest BCUT2D eigenvalue weighted by atomic mass is 9.68. The van der Waals surface area contributed by atoms with Gasteiger partial charge in [0.2, 0.25) is 0 Å². The van der Waals surface area contributed by atoms with Gasteiger partial charge in [-0.2, -0.15) is 0 Å². The van der Waals surface area contributed by atoms with Gasteiger partial charge in [-0.3, -0.25) is 4.79 Å². The lowest BCUT2D eigenvalue weighted by molar-refractivity contribution is -0.132. The number of esters is 1. The van der Waals surface area contributed by atoms with Gasteiger partial charge in [-0.1, -0.05) is 37.5 Å². The lowest BCUT2D eigenvalue weighted by Crippen LogP contribution is -2.40. The minimum absolute atomic E-state index is 0.121. The monoisotopic (exact) mass is 288 g/mol. The van der Waals surface area contributed by atoms with Crippen molar-refractivity contribution in [3.63, 3.8) is 0 Å². The largest absolute Gasteiger partial charge is 0.461 e. The third-order valence-electron chi connectivity index (χ3n) is 4.82. The maximum Gasteiger partial charge on any atom is 0.338 e. The first-order chi connectivity index (χ1) is 10.0. The van der Waals surface area contributed by atoms with E-state index >= 15 is 0 Å². The predicted octanol–water partition coefficient (Wildman–Crippen LogP) is 4.02. The summed E-state index contributed by atoms with van der Waals surface area (Å²) in [7, 11) is 0. The van der Waals surface area contributed by atoms with E-state index in [1.807, 2.05) is 25.1 Å². The number of hydrogen-bond donors (Lipinski definition) is 0. The van der Waals surface area contributed by atoms with Gasteiger partial charge in [0.1, 0.15) is 12.4 Å². The van der Waals surface area contributed by atoms with Crippen molar-refractivity contribution in [3.8, 4) is 0 Å². The van der Waals surface area contributed by atoms with Gasteiger partial charge in [-0.25, -0.2) is 4.79 Å². The van der Waals surface area contributed by atoms with Gasteiger partial charge in [0.05, 0.1) is 11.0 Å². The van der Waals surface area contributed by atoms with E-state index in [4.69, 9.17) is 4.74 Å². The normalized spacial score (nSPS) is 18.8. The summed E-state index contributed by atoms with van der Waals surface area (Å²) in [6.45, 7) is 3.75. The van der Waals surface area contributed by atoms with E-state index in [0.717, 1.165) is 12.8 Å². The molecule has 0 aromatic heterocycles. The van der Waals surface area contributed by atoms with Crippen molar-refractivity contribution in [2.75, 3.05) is 6.61 Å². The van der Waals surface area contributed by atoms with Crippen molar-refractivity contribution in [2.45, 2.75) is 46.0 Å². The second-order valence-electron chi connectivity index (χ2n) is 6.25. The second-order valence-corrected chi connectivity index (χ2v) is 6.25. The van der Waals surface area contributed by atoms with Crippen LogP contribution in [0.2, 0.25) is 0 Å². The van der Waals surface area contributed by atoms with E-state index in [1.54, 1.807) is 19.1 Å². The molecule has 0 N–H and O–H groups in total. The van der Waals surface area contributed by atoms with Gasteiger partial charge in [-0.05, 0) is 44.7 Å². The fourth-order valence-corrected chi connectivity index (χ4v) is 3.12. The fourth-order valence-electron chi connectivity index (χ4n) is 3.12. The number of Topliss-reactive ketones (excluding diaryl/α,β-unsaturated/α-hetero) is 1. The zero-order valence-electron chi connectivity index (χ0n) is 12.9. The van der Waals surface area contributed by atoms with Crippen molar-refractivity contribution in [1.82, 2.24) is 0 Å². The van der Waals surface area contributed by atoms with Crippen LogP contribution in [-0.4, -0.2) is 18.4 Å². The Morgan fingerprint density at radius 2 is 1.76 bits per heavy atom. The average molecular weight is 288 g/mol. The highest BCUT2D eigenvalue weighted by Gasteiger charge is 2.40. The molecule has 3 nitrogen and oxygen atoms in total. The number of hydrogen-bond acceptors (Lipinski definition) is 3. The van der Waals surface area contributed by atoms with Crippen molar-refractivity contribution >= 4 is 11.8 Å². The molecule has 2 rings (SSSR count). The number of rotatable bonds is 5. The van der Waals surface area contributed by atoms with Crippen LogP contribution in [0.1, 0.15) is 56.3 Å². The quantitative estimate of drug-likeness (QED) is 0.769. The smallest absolute Gasteiger partial charge is 0.338 e. The maximum absolute atomic E-state index is 12.1. The van der Waals surface area contributed by atoms with Crippen LogP contribution >= 0.6 is 0 Å². The van der Waals surface area contributed by atoms with Crippen molar-refractivity contribution in [1.29, 1.82) is 0 Å². The Balaban J connectivity index is 2.03. The van der Waals surface area contributed by atoms with Crippen LogP contribution in [0.15, 0.2) is 30.3 Å². The first-order valence-electron chi connectivity index (χ1n) is 7.77. The average Bonchev–Trinajstić information content (AvgIpc) is 2.53. The lowest BCUT2D eigenvalue weighted by Gasteiger charge is -2.37. The summed E-state index contributed by atoms with van der Waals surface area (Å²) in [5.41, 5.74) is -0.0164. The summed E-state index contributed by atoms with van der Waals surface area (Å²) in [4.78, 5) is 24.2. The van der Waals surface area contributed by atoms with Crippen LogP contribution in [0.5, 0.6) is 0 Å². The molecule has 114 valence electrons. The molecule has 0 radical (unpaired) electrons. The Labute approximate surface area is 126 Å². The molecule has 0 aliphatic heterocycles. The first kappa shape index (κ1) is 15.7. The Bertz CT molecular complexity index is 488. The van der Waals surface area contributed by atoms with Crippen molar-refractivity contribution < 1.29 is 14.3 Å². The zero-order valence-corrected chi connectivity index (χ0v) is 12.9. The Morgan fingerprint density at radius 1 is 1.14 bits per heavy atom. The molecule has 1 aromatic carbocycles. The highest BCUT2D eigenvalue weighted by Crippen LogP contribution is 2.39. The minimum atomic E-state index is -0.551. The van der Waals surface area contributed by atoms with Gasteiger partial charge >= 0.3 is 5.97 Å². The topological polar surface area (TPSA) is 43.4 Å². The molecule has 0 heterocycles. The third-order valence-corrected chi connectivity index (χ3v) is 4.82. The summed E-state index contributed by atoms with van der Waals surface area (Å²) in [6, 6.07) is 8.93. The van der Waals surface area contributed by atoms with E-state index in [0.29, 0.717) is 11.5 Å². The maximum atomic E-state index is 12.1. The number of ketones is 1. The summed E-state index contributed by atoms with van der Waals surface area (Å²) < 4.78 is 5.45. The molecule has 3 heteroatoms. The fraction of sp³-hybridized carbons (Fsp3) is 0.556. The molecule has 1 unspecified atom stereocenters.